The second-order valence-corrected chi connectivity index (χ2v) is 7.77. The standard InChI is InChI=1S/C18H17ClN2O4S/c1-11-18(12(2)25-20-11)13-7-8-16(24-3)17(9-13)26(22,23)21-15-6-4-5-14(19)10-15/h4-10,21H,1-3H3. The molecule has 0 atom stereocenters. The topological polar surface area (TPSA) is 81.4 Å². The molecule has 3 rings (SSSR count). The van der Waals surface area contributed by atoms with Gasteiger partial charge in [0, 0.05) is 10.6 Å². The summed E-state index contributed by atoms with van der Waals surface area (Å²) in [6.45, 7) is 3.58. The van der Waals surface area contributed by atoms with Crippen LogP contribution < -0.4 is 9.46 Å². The molecule has 136 valence electrons. The summed E-state index contributed by atoms with van der Waals surface area (Å²) >= 11 is 5.93. The van der Waals surface area contributed by atoms with Gasteiger partial charge in [0.1, 0.15) is 16.4 Å². The summed E-state index contributed by atoms with van der Waals surface area (Å²) in [5.41, 5.74) is 2.47. The van der Waals surface area contributed by atoms with Gasteiger partial charge < -0.3 is 9.26 Å². The second-order valence-electron chi connectivity index (χ2n) is 5.68. The van der Waals surface area contributed by atoms with Crippen molar-refractivity contribution in [3.05, 3.63) is 58.9 Å². The van der Waals surface area contributed by atoms with E-state index < -0.39 is 10.0 Å². The first-order valence-electron chi connectivity index (χ1n) is 7.71. The molecule has 0 unspecified atom stereocenters. The van der Waals surface area contributed by atoms with Crippen molar-refractivity contribution in [2.45, 2.75) is 18.7 Å². The smallest absolute Gasteiger partial charge is 0.265 e. The Morgan fingerprint density at radius 2 is 1.92 bits per heavy atom. The van der Waals surface area contributed by atoms with Gasteiger partial charge in [0.25, 0.3) is 10.0 Å². The van der Waals surface area contributed by atoms with Gasteiger partial charge >= 0.3 is 0 Å². The van der Waals surface area contributed by atoms with Gasteiger partial charge in [-0.05, 0) is 49.7 Å². The molecular formula is C18H17ClN2O4S. The molecule has 0 bridgehead atoms. The lowest BCUT2D eigenvalue weighted by molar-refractivity contribution is 0.393. The third-order valence-electron chi connectivity index (χ3n) is 3.85. The number of anilines is 1. The number of methoxy groups -OCH3 is 1. The van der Waals surface area contributed by atoms with E-state index in [0.717, 1.165) is 5.56 Å². The van der Waals surface area contributed by atoms with Crippen molar-refractivity contribution in [3.8, 4) is 16.9 Å². The first kappa shape index (κ1) is 18.3. The van der Waals surface area contributed by atoms with Crippen LogP contribution in [0.4, 0.5) is 5.69 Å². The Bertz CT molecular complexity index is 1040. The van der Waals surface area contributed by atoms with E-state index in [1.165, 1.54) is 19.2 Å². The van der Waals surface area contributed by atoms with Gasteiger partial charge in [0.15, 0.2) is 0 Å². The number of rotatable bonds is 5. The van der Waals surface area contributed by atoms with E-state index in [1.54, 1.807) is 44.2 Å². The fourth-order valence-electron chi connectivity index (χ4n) is 2.70. The summed E-state index contributed by atoms with van der Waals surface area (Å²) in [5, 5.41) is 4.35. The van der Waals surface area contributed by atoms with Gasteiger partial charge in [-0.25, -0.2) is 8.42 Å². The summed E-state index contributed by atoms with van der Waals surface area (Å²) in [6.07, 6.45) is 0. The minimum atomic E-state index is -3.90. The zero-order chi connectivity index (χ0) is 18.9. The lowest BCUT2D eigenvalue weighted by Crippen LogP contribution is -2.14. The highest BCUT2D eigenvalue weighted by molar-refractivity contribution is 7.92. The number of benzene rings is 2. The average Bonchev–Trinajstić information content (AvgIpc) is 2.92. The fraction of sp³-hybridized carbons (Fsp3) is 0.167. The van der Waals surface area contributed by atoms with E-state index in [1.807, 2.05) is 0 Å². The van der Waals surface area contributed by atoms with Crippen molar-refractivity contribution in [1.82, 2.24) is 5.16 Å². The Morgan fingerprint density at radius 1 is 1.15 bits per heavy atom. The van der Waals surface area contributed by atoms with E-state index in [-0.39, 0.29) is 10.6 Å². The van der Waals surface area contributed by atoms with Crippen molar-refractivity contribution in [2.75, 3.05) is 11.8 Å². The molecule has 1 N–H and O–H groups in total. The maximum Gasteiger partial charge on any atom is 0.265 e. The van der Waals surface area contributed by atoms with Crippen molar-refractivity contribution in [2.24, 2.45) is 0 Å². The number of aromatic nitrogens is 1. The number of hydrogen-bond donors (Lipinski definition) is 1. The van der Waals surface area contributed by atoms with Crippen LogP contribution in [0.3, 0.4) is 0 Å². The number of nitrogens with one attached hydrogen (secondary N) is 1. The fourth-order valence-corrected chi connectivity index (χ4v) is 4.14. The molecule has 0 amide bonds. The number of nitrogens with zero attached hydrogens (tertiary/aromatic N) is 1. The SMILES string of the molecule is COc1ccc(-c2c(C)noc2C)cc1S(=O)(=O)Nc1cccc(Cl)c1. The predicted octanol–water partition coefficient (Wildman–Crippen LogP) is 4.42. The highest BCUT2D eigenvalue weighted by Gasteiger charge is 2.22. The molecule has 0 aliphatic rings. The van der Waals surface area contributed by atoms with Gasteiger partial charge in [0.05, 0.1) is 18.5 Å². The van der Waals surface area contributed by atoms with E-state index in [4.69, 9.17) is 20.9 Å². The highest BCUT2D eigenvalue weighted by atomic mass is 35.5. The maximum absolute atomic E-state index is 12.9. The Hall–Kier alpha value is -2.51. The van der Waals surface area contributed by atoms with Crippen molar-refractivity contribution in [1.29, 1.82) is 0 Å². The van der Waals surface area contributed by atoms with Crippen LogP contribution in [0.15, 0.2) is 51.9 Å². The minimum Gasteiger partial charge on any atom is -0.495 e. The normalized spacial score (nSPS) is 11.4. The van der Waals surface area contributed by atoms with E-state index >= 15 is 0 Å². The van der Waals surface area contributed by atoms with E-state index in [2.05, 4.69) is 9.88 Å². The van der Waals surface area contributed by atoms with E-state index in [0.29, 0.717) is 27.7 Å². The zero-order valence-corrected chi connectivity index (χ0v) is 16.0. The van der Waals surface area contributed by atoms with Crippen LogP contribution in [0, 0.1) is 13.8 Å². The zero-order valence-electron chi connectivity index (χ0n) is 14.4. The molecule has 1 aromatic heterocycles. The van der Waals surface area contributed by atoms with Crippen LogP contribution in [0.5, 0.6) is 5.75 Å². The van der Waals surface area contributed by atoms with Gasteiger partial charge in [-0.15, -0.1) is 0 Å². The van der Waals surface area contributed by atoms with Crippen molar-refractivity contribution < 1.29 is 17.7 Å². The van der Waals surface area contributed by atoms with Gasteiger partial charge in [-0.2, -0.15) is 0 Å². The molecule has 0 saturated carbocycles. The lowest BCUT2D eigenvalue weighted by Gasteiger charge is -2.13. The number of ether oxygens (including phenoxy) is 1. The van der Waals surface area contributed by atoms with Gasteiger partial charge in [-0.3, -0.25) is 4.72 Å². The summed E-state index contributed by atoms with van der Waals surface area (Å²) in [5.74, 6) is 0.842. The molecule has 6 nitrogen and oxygen atoms in total. The summed E-state index contributed by atoms with van der Waals surface area (Å²) < 4.78 is 38.8. The number of halogens is 1. The first-order chi connectivity index (χ1) is 12.3. The van der Waals surface area contributed by atoms with Crippen LogP contribution in [0.2, 0.25) is 5.02 Å². The van der Waals surface area contributed by atoms with Gasteiger partial charge in [0.2, 0.25) is 0 Å². The highest BCUT2D eigenvalue weighted by Crippen LogP contribution is 2.34. The predicted molar refractivity (Wildman–Crippen MR) is 100 cm³/mol. The van der Waals surface area contributed by atoms with E-state index in [9.17, 15) is 8.42 Å². The molecule has 0 radical (unpaired) electrons. The quantitative estimate of drug-likeness (QED) is 0.695. The van der Waals surface area contributed by atoms with Crippen LogP contribution in [0.25, 0.3) is 11.1 Å². The Morgan fingerprint density at radius 3 is 2.54 bits per heavy atom. The van der Waals surface area contributed by atoms with Crippen LogP contribution in [-0.4, -0.2) is 20.7 Å². The lowest BCUT2D eigenvalue weighted by atomic mass is 10.0. The number of sulfonamides is 1. The molecule has 3 aromatic rings. The molecule has 8 heteroatoms. The second kappa shape index (κ2) is 7.01. The molecule has 2 aromatic carbocycles. The molecule has 0 aliphatic carbocycles. The first-order valence-corrected chi connectivity index (χ1v) is 9.57. The third kappa shape index (κ3) is 3.54. The minimum absolute atomic E-state index is 0.0116. The molecule has 0 aliphatic heterocycles. The summed E-state index contributed by atoms with van der Waals surface area (Å²) in [7, 11) is -2.48. The molecule has 26 heavy (non-hydrogen) atoms. The van der Waals surface area contributed by atoms with Crippen LogP contribution in [-0.2, 0) is 10.0 Å². The van der Waals surface area contributed by atoms with Crippen LogP contribution in [0.1, 0.15) is 11.5 Å². The Kier molecular flexibility index (Phi) is 4.93. The Labute approximate surface area is 156 Å². The Balaban J connectivity index is 2.09. The average molecular weight is 393 g/mol. The summed E-state index contributed by atoms with van der Waals surface area (Å²) in [4.78, 5) is 0.0116. The maximum atomic E-state index is 12.9. The molecular weight excluding hydrogens is 376 g/mol. The molecule has 0 spiro atoms. The molecule has 0 saturated heterocycles. The van der Waals surface area contributed by atoms with Crippen molar-refractivity contribution >= 4 is 27.3 Å². The number of aryl methyl sites for hydroxylation is 2. The summed E-state index contributed by atoms with van der Waals surface area (Å²) in [6, 6.07) is 11.4. The third-order valence-corrected chi connectivity index (χ3v) is 5.49. The van der Waals surface area contributed by atoms with Crippen molar-refractivity contribution in [3.63, 3.8) is 0 Å². The van der Waals surface area contributed by atoms with Crippen LogP contribution >= 0.6 is 11.6 Å². The monoisotopic (exact) mass is 392 g/mol. The van der Waals surface area contributed by atoms with Gasteiger partial charge in [-0.1, -0.05) is 28.9 Å². The molecule has 0 fully saturated rings. The number of hydrogen-bond acceptors (Lipinski definition) is 5. The largest absolute Gasteiger partial charge is 0.495 e. The molecule has 1 heterocycles.